The van der Waals surface area contributed by atoms with Crippen molar-refractivity contribution in [2.75, 3.05) is 32.7 Å². The summed E-state index contributed by atoms with van der Waals surface area (Å²) in [6, 6.07) is -3.58. The third-order valence-corrected chi connectivity index (χ3v) is 6.43. The van der Waals surface area contributed by atoms with Crippen LogP contribution in [-0.4, -0.2) is 118 Å². The van der Waals surface area contributed by atoms with Crippen LogP contribution in [0.15, 0.2) is 0 Å². The Hall–Kier alpha value is -2.43. The van der Waals surface area contributed by atoms with Crippen LogP contribution in [0.25, 0.3) is 0 Å². The standard InChI is InChI=1S/5C6H14N2O2.Zn/c5*7-4-2-1-3-5(8)6(9)10;/h5*5H,1-4,7-8H2,(H,9,10);/t5*5-;/m00000./s1. The van der Waals surface area contributed by atoms with Crippen LogP contribution < -0.4 is 57.3 Å². The number of hydrogen-bond donors (Lipinski definition) is 15. The number of carbonyl (C=O) groups is 5. The summed E-state index contributed by atoms with van der Waals surface area (Å²) in [6.07, 6.45) is 10.8. The van der Waals surface area contributed by atoms with Crippen LogP contribution in [0.4, 0.5) is 0 Å². The zero-order chi connectivity index (χ0) is 39.9. The van der Waals surface area contributed by atoms with Crippen LogP contribution in [-0.2, 0) is 43.5 Å². The Bertz CT molecular complexity index is 688. The Morgan fingerprint density at radius 1 is 0.314 bits per heavy atom. The molecule has 0 spiro atoms. The first-order valence-electron chi connectivity index (χ1n) is 16.8. The molecule has 51 heavy (non-hydrogen) atoms. The van der Waals surface area contributed by atoms with E-state index in [2.05, 4.69) is 0 Å². The molecule has 0 aliphatic rings. The Balaban J connectivity index is -0.000000123. The largest absolute Gasteiger partial charge is 0.480 e. The summed E-state index contributed by atoms with van der Waals surface area (Å²) in [6.45, 7) is 3.02. The third kappa shape index (κ3) is 54.5. The van der Waals surface area contributed by atoms with Gasteiger partial charge < -0.3 is 82.9 Å². The van der Waals surface area contributed by atoms with Gasteiger partial charge in [-0.3, -0.25) is 24.0 Å². The molecule has 20 nitrogen and oxygen atoms in total. The number of rotatable bonds is 25. The Labute approximate surface area is 314 Å². The predicted octanol–water partition coefficient (Wildman–Crippen LogP) is -2.37. The van der Waals surface area contributed by atoms with Gasteiger partial charge in [0.15, 0.2) is 0 Å². The van der Waals surface area contributed by atoms with Gasteiger partial charge in [-0.25, -0.2) is 0 Å². The van der Waals surface area contributed by atoms with Gasteiger partial charge in [-0.15, -0.1) is 0 Å². The normalized spacial score (nSPS) is 12.7. The van der Waals surface area contributed by atoms with Gasteiger partial charge in [-0.1, -0.05) is 32.1 Å². The molecule has 0 heterocycles. The van der Waals surface area contributed by atoms with Gasteiger partial charge in [0, 0.05) is 19.5 Å². The average molecular weight is 796 g/mol. The van der Waals surface area contributed by atoms with E-state index in [1.54, 1.807) is 0 Å². The SMILES string of the molecule is NCCCC[C@H](N)C(=O)O.NCCCC[C@H](N)C(=O)O.NCCCC[C@H](N)C(=O)O.NCCCC[C@H](N)C(=O)O.NCCCC[C@H](N)C(=O)O.[Zn]. The van der Waals surface area contributed by atoms with E-state index in [1.807, 2.05) is 0 Å². The average Bonchev–Trinajstić information content (AvgIpc) is 3.06. The van der Waals surface area contributed by atoms with Gasteiger partial charge in [0.25, 0.3) is 0 Å². The Morgan fingerprint density at radius 2 is 0.431 bits per heavy atom. The number of carboxylic acids is 5. The zero-order valence-electron chi connectivity index (χ0n) is 30.3. The van der Waals surface area contributed by atoms with E-state index in [0.717, 1.165) is 64.2 Å². The molecule has 0 fully saturated rings. The molecule has 5 atom stereocenters. The zero-order valence-corrected chi connectivity index (χ0v) is 33.3. The summed E-state index contributed by atoms with van der Waals surface area (Å²) in [5.41, 5.74) is 52.1. The Kier molecular flexibility index (Phi) is 54.2. The van der Waals surface area contributed by atoms with Crippen LogP contribution in [0.5, 0.6) is 0 Å². The fraction of sp³-hybridized carbons (Fsp3) is 0.833. The van der Waals surface area contributed by atoms with E-state index in [1.165, 1.54) is 0 Å². The van der Waals surface area contributed by atoms with Crippen LogP contribution in [0, 0.1) is 0 Å². The fourth-order valence-corrected chi connectivity index (χ4v) is 3.16. The van der Waals surface area contributed by atoms with Crippen molar-refractivity contribution in [3.63, 3.8) is 0 Å². The van der Waals surface area contributed by atoms with E-state index in [9.17, 15) is 24.0 Å². The van der Waals surface area contributed by atoms with Crippen molar-refractivity contribution in [2.24, 2.45) is 57.3 Å². The molecule has 0 rings (SSSR count). The maximum Gasteiger partial charge on any atom is 0.320 e. The second-order valence-electron chi connectivity index (χ2n) is 11.1. The van der Waals surface area contributed by atoms with Crippen molar-refractivity contribution in [3.8, 4) is 0 Å². The van der Waals surface area contributed by atoms with Gasteiger partial charge in [0.1, 0.15) is 30.2 Å². The van der Waals surface area contributed by atoms with E-state index < -0.39 is 60.1 Å². The van der Waals surface area contributed by atoms with Crippen LogP contribution in [0.3, 0.4) is 0 Å². The smallest absolute Gasteiger partial charge is 0.320 e. The molecule has 0 saturated heterocycles. The minimum atomic E-state index is -0.933. The van der Waals surface area contributed by atoms with Crippen molar-refractivity contribution >= 4 is 29.8 Å². The van der Waals surface area contributed by atoms with E-state index in [0.29, 0.717) is 64.8 Å². The minimum Gasteiger partial charge on any atom is -0.480 e. The molecule has 0 aliphatic carbocycles. The molecule has 0 radical (unpaired) electrons. The summed E-state index contributed by atoms with van der Waals surface area (Å²) >= 11 is 0. The number of hydrogen-bond acceptors (Lipinski definition) is 15. The van der Waals surface area contributed by atoms with Gasteiger partial charge in [-0.05, 0) is 96.9 Å². The molecule has 0 aromatic rings. The molecule has 0 aliphatic heterocycles. The summed E-state index contributed by atoms with van der Waals surface area (Å²) in [5.74, 6) is -4.67. The Morgan fingerprint density at radius 3 is 0.510 bits per heavy atom. The van der Waals surface area contributed by atoms with E-state index >= 15 is 0 Å². The van der Waals surface area contributed by atoms with Crippen LogP contribution in [0.2, 0.25) is 0 Å². The second kappa shape index (κ2) is 45.6. The minimum absolute atomic E-state index is 0. The summed E-state index contributed by atoms with van der Waals surface area (Å²) in [7, 11) is 0. The first kappa shape index (κ1) is 60.7. The quantitative estimate of drug-likeness (QED) is 0.0339. The molecule has 0 amide bonds. The molecule has 21 heteroatoms. The summed E-state index contributed by atoms with van der Waals surface area (Å²) in [5, 5.41) is 41.6. The molecule has 25 N–H and O–H groups in total. The molecule has 302 valence electrons. The third-order valence-electron chi connectivity index (χ3n) is 6.43. The van der Waals surface area contributed by atoms with Gasteiger partial charge in [0.2, 0.25) is 0 Å². The monoisotopic (exact) mass is 794 g/mol. The maximum atomic E-state index is 10.1. The van der Waals surface area contributed by atoms with Crippen molar-refractivity contribution < 1.29 is 69.0 Å². The van der Waals surface area contributed by atoms with E-state index in [4.69, 9.17) is 82.9 Å². The van der Waals surface area contributed by atoms with Crippen LogP contribution >= 0.6 is 0 Å². The molecule has 0 bridgehead atoms. The number of nitrogens with two attached hydrogens (primary N) is 10. The summed E-state index contributed by atoms with van der Waals surface area (Å²) in [4.78, 5) is 50.7. The number of unbranched alkanes of at least 4 members (excludes halogenated alkanes) is 5. The van der Waals surface area contributed by atoms with Crippen molar-refractivity contribution in [2.45, 2.75) is 127 Å². The molecular formula is C30H70N10O10Zn. The maximum absolute atomic E-state index is 10.1. The first-order valence-corrected chi connectivity index (χ1v) is 16.8. The molecule has 0 unspecified atom stereocenters. The van der Waals surface area contributed by atoms with Crippen molar-refractivity contribution in [1.29, 1.82) is 0 Å². The van der Waals surface area contributed by atoms with Gasteiger partial charge in [-0.2, -0.15) is 0 Å². The van der Waals surface area contributed by atoms with Crippen molar-refractivity contribution in [1.82, 2.24) is 0 Å². The van der Waals surface area contributed by atoms with Gasteiger partial charge in [0.05, 0.1) is 0 Å². The molecule has 0 aromatic carbocycles. The van der Waals surface area contributed by atoms with Crippen molar-refractivity contribution in [3.05, 3.63) is 0 Å². The summed E-state index contributed by atoms with van der Waals surface area (Å²) < 4.78 is 0. The fourth-order valence-electron chi connectivity index (χ4n) is 3.16. The van der Waals surface area contributed by atoms with Gasteiger partial charge >= 0.3 is 29.8 Å². The number of aliphatic carboxylic acids is 5. The predicted molar refractivity (Wildman–Crippen MR) is 193 cm³/mol. The molecule has 0 aromatic heterocycles. The molecule has 0 saturated carbocycles. The topological polar surface area (TPSA) is 447 Å². The number of carboxylic acid groups (broad SMARTS) is 5. The molecular weight excluding hydrogens is 726 g/mol. The second-order valence-corrected chi connectivity index (χ2v) is 11.1. The first-order chi connectivity index (χ1) is 23.4. The van der Waals surface area contributed by atoms with Crippen LogP contribution in [0.1, 0.15) is 96.3 Å². The van der Waals surface area contributed by atoms with E-state index in [-0.39, 0.29) is 19.5 Å².